The average Bonchev–Trinajstić information content (AvgIpc) is 3.19. The molecule has 0 radical (unpaired) electrons. The lowest BCUT2D eigenvalue weighted by Crippen LogP contribution is -2.38. The lowest BCUT2D eigenvalue weighted by atomic mass is 9.89. The molecule has 2 N–H and O–H groups in total. The van der Waals surface area contributed by atoms with Crippen molar-refractivity contribution >= 4 is 45.4 Å². The van der Waals surface area contributed by atoms with Gasteiger partial charge in [0.2, 0.25) is 5.91 Å². The molecule has 1 atom stereocenters. The molecular formula is C25H28N2O6. The highest BCUT2D eigenvalue weighted by atomic mass is 16.5. The summed E-state index contributed by atoms with van der Waals surface area (Å²) in [6.07, 6.45) is 3.84. The fraction of sp³-hybridized carbons (Fsp3) is 0.400. The number of amides is 2. The van der Waals surface area contributed by atoms with Gasteiger partial charge in [-0.05, 0) is 31.9 Å². The second-order valence-corrected chi connectivity index (χ2v) is 8.32. The van der Waals surface area contributed by atoms with Crippen molar-refractivity contribution in [2.45, 2.75) is 45.1 Å². The topological polar surface area (TPSA) is 107 Å². The summed E-state index contributed by atoms with van der Waals surface area (Å²) in [5.74, 6) is -0.904. The number of rotatable bonds is 7. The molecule has 4 rings (SSSR count). The maximum absolute atomic E-state index is 12.6. The van der Waals surface area contributed by atoms with Crippen molar-refractivity contribution in [1.29, 1.82) is 0 Å². The molecule has 0 aliphatic heterocycles. The van der Waals surface area contributed by atoms with Crippen LogP contribution in [0.5, 0.6) is 5.75 Å². The highest BCUT2D eigenvalue weighted by Gasteiger charge is 2.24. The zero-order chi connectivity index (χ0) is 23.4. The van der Waals surface area contributed by atoms with Gasteiger partial charge in [0, 0.05) is 22.8 Å². The molecule has 33 heavy (non-hydrogen) atoms. The molecule has 0 saturated heterocycles. The van der Waals surface area contributed by atoms with Gasteiger partial charge in [-0.25, -0.2) is 0 Å². The van der Waals surface area contributed by atoms with Crippen LogP contribution in [0.1, 0.15) is 39.0 Å². The summed E-state index contributed by atoms with van der Waals surface area (Å²) in [5.41, 5.74) is 1.74. The van der Waals surface area contributed by atoms with Gasteiger partial charge in [0.05, 0.1) is 12.8 Å². The Labute approximate surface area is 191 Å². The number of esters is 1. The van der Waals surface area contributed by atoms with E-state index in [-0.39, 0.29) is 18.4 Å². The van der Waals surface area contributed by atoms with E-state index in [0.717, 1.165) is 48.5 Å². The second-order valence-electron chi connectivity index (χ2n) is 8.32. The van der Waals surface area contributed by atoms with Crippen LogP contribution in [0, 0.1) is 5.92 Å². The van der Waals surface area contributed by atoms with E-state index in [1.165, 1.54) is 14.0 Å². The van der Waals surface area contributed by atoms with Crippen molar-refractivity contribution in [1.82, 2.24) is 5.32 Å². The van der Waals surface area contributed by atoms with Crippen LogP contribution in [0.4, 0.5) is 5.69 Å². The van der Waals surface area contributed by atoms with Gasteiger partial charge in [-0.2, -0.15) is 0 Å². The van der Waals surface area contributed by atoms with Crippen LogP contribution in [0.25, 0.3) is 21.9 Å². The number of hydrogen-bond donors (Lipinski definition) is 2. The molecule has 8 heteroatoms. The number of ether oxygens (including phenoxy) is 2. The Hall–Kier alpha value is -3.55. The van der Waals surface area contributed by atoms with E-state index in [0.29, 0.717) is 17.0 Å². The van der Waals surface area contributed by atoms with Gasteiger partial charge in [0.1, 0.15) is 23.5 Å². The van der Waals surface area contributed by atoms with Crippen molar-refractivity contribution in [2.24, 2.45) is 5.92 Å². The van der Waals surface area contributed by atoms with Gasteiger partial charge in [0.25, 0.3) is 5.91 Å². The third kappa shape index (κ3) is 5.10. The Morgan fingerprint density at radius 2 is 1.82 bits per heavy atom. The summed E-state index contributed by atoms with van der Waals surface area (Å²) in [6, 6.07) is 11.1. The molecule has 174 valence electrons. The Morgan fingerprint density at radius 3 is 2.58 bits per heavy atom. The lowest BCUT2D eigenvalue weighted by Gasteiger charge is -2.20. The molecule has 2 amide bonds. The molecule has 1 aromatic heterocycles. The maximum atomic E-state index is 12.6. The smallest absolute Gasteiger partial charge is 0.326 e. The van der Waals surface area contributed by atoms with Crippen molar-refractivity contribution in [2.75, 3.05) is 19.0 Å². The minimum absolute atomic E-state index is 0.0482. The Kier molecular flexibility index (Phi) is 6.82. The number of nitrogens with one attached hydrogen (secondary N) is 2. The minimum Gasteiger partial charge on any atom is -0.495 e. The van der Waals surface area contributed by atoms with Gasteiger partial charge < -0.3 is 24.5 Å². The predicted molar refractivity (Wildman–Crippen MR) is 124 cm³/mol. The largest absolute Gasteiger partial charge is 0.495 e. The number of furan rings is 1. The fourth-order valence-electron chi connectivity index (χ4n) is 4.21. The van der Waals surface area contributed by atoms with Crippen molar-refractivity contribution in [3.63, 3.8) is 0 Å². The Balaban J connectivity index is 1.37. The van der Waals surface area contributed by atoms with Crippen molar-refractivity contribution in [3.05, 3.63) is 36.4 Å². The molecule has 3 aromatic rings. The number of fused-ring (bicyclic) bond motifs is 3. The summed E-state index contributed by atoms with van der Waals surface area (Å²) in [5, 5.41) is 7.17. The molecule has 1 unspecified atom stereocenters. The van der Waals surface area contributed by atoms with E-state index in [2.05, 4.69) is 10.6 Å². The standard InChI is InChI=1S/C25H28N2O6/c1-15(32-23(28)14-26-25(30)16-8-4-3-5-9-16)24(29)27-19-13-21-18(12-22(19)31-2)17-10-6-7-11-20(17)33-21/h6-7,10-13,15-16H,3-5,8-9,14H2,1-2H3,(H,26,30)(H,27,29). The quantitative estimate of drug-likeness (QED) is 0.521. The first-order chi connectivity index (χ1) is 16.0. The maximum Gasteiger partial charge on any atom is 0.326 e. The number of para-hydroxylation sites is 1. The monoisotopic (exact) mass is 452 g/mol. The van der Waals surface area contributed by atoms with Crippen LogP contribution in [-0.4, -0.2) is 37.5 Å². The Morgan fingerprint density at radius 1 is 1.06 bits per heavy atom. The molecular weight excluding hydrogens is 424 g/mol. The van der Waals surface area contributed by atoms with Crippen molar-refractivity contribution < 1.29 is 28.3 Å². The van der Waals surface area contributed by atoms with Gasteiger partial charge >= 0.3 is 5.97 Å². The number of benzene rings is 2. The molecule has 8 nitrogen and oxygen atoms in total. The number of anilines is 1. The summed E-state index contributed by atoms with van der Waals surface area (Å²) < 4.78 is 16.5. The van der Waals surface area contributed by atoms with Crippen LogP contribution < -0.4 is 15.4 Å². The van der Waals surface area contributed by atoms with Crippen LogP contribution >= 0.6 is 0 Å². The van der Waals surface area contributed by atoms with Gasteiger partial charge in [-0.3, -0.25) is 14.4 Å². The SMILES string of the molecule is COc1cc2c(cc1NC(=O)C(C)OC(=O)CNC(=O)C1CCCCC1)oc1ccccc12. The van der Waals surface area contributed by atoms with Crippen LogP contribution in [0.15, 0.2) is 40.8 Å². The van der Waals surface area contributed by atoms with Crippen LogP contribution in [0.3, 0.4) is 0 Å². The highest BCUT2D eigenvalue weighted by Crippen LogP contribution is 2.36. The third-order valence-electron chi connectivity index (χ3n) is 6.02. The molecule has 1 fully saturated rings. The number of carbonyl (C=O) groups excluding carboxylic acids is 3. The number of hydrogen-bond acceptors (Lipinski definition) is 6. The van der Waals surface area contributed by atoms with Crippen LogP contribution in [0.2, 0.25) is 0 Å². The lowest BCUT2D eigenvalue weighted by molar-refractivity contribution is -0.153. The van der Waals surface area contributed by atoms with Gasteiger partial charge in [-0.1, -0.05) is 37.5 Å². The van der Waals surface area contributed by atoms with Gasteiger partial charge in [0.15, 0.2) is 6.10 Å². The molecule has 1 aliphatic rings. The molecule has 1 saturated carbocycles. The molecule has 0 spiro atoms. The summed E-state index contributed by atoms with van der Waals surface area (Å²) in [6.45, 7) is 1.21. The zero-order valence-electron chi connectivity index (χ0n) is 18.8. The van der Waals surface area contributed by atoms with Gasteiger partial charge in [-0.15, -0.1) is 0 Å². The first kappa shape index (κ1) is 22.6. The summed E-state index contributed by atoms with van der Waals surface area (Å²) in [7, 11) is 1.51. The minimum atomic E-state index is -1.06. The van der Waals surface area contributed by atoms with E-state index < -0.39 is 18.0 Å². The molecule has 0 bridgehead atoms. The van der Waals surface area contributed by atoms with E-state index in [4.69, 9.17) is 13.9 Å². The first-order valence-electron chi connectivity index (χ1n) is 11.2. The van der Waals surface area contributed by atoms with Crippen LogP contribution in [-0.2, 0) is 19.1 Å². The number of carbonyl (C=O) groups is 3. The highest BCUT2D eigenvalue weighted by molar-refractivity contribution is 6.08. The Bertz CT molecular complexity index is 1180. The first-order valence-corrected chi connectivity index (χ1v) is 11.2. The normalized spacial score (nSPS) is 15.2. The molecule has 2 aromatic carbocycles. The predicted octanol–water partition coefficient (Wildman–Crippen LogP) is 4.16. The van der Waals surface area contributed by atoms with E-state index in [1.54, 1.807) is 12.1 Å². The fourth-order valence-corrected chi connectivity index (χ4v) is 4.21. The van der Waals surface area contributed by atoms with E-state index in [9.17, 15) is 14.4 Å². The van der Waals surface area contributed by atoms with E-state index in [1.807, 2.05) is 24.3 Å². The number of methoxy groups -OCH3 is 1. The van der Waals surface area contributed by atoms with Crippen molar-refractivity contribution in [3.8, 4) is 5.75 Å². The average molecular weight is 453 g/mol. The summed E-state index contributed by atoms with van der Waals surface area (Å²) >= 11 is 0. The van der Waals surface area contributed by atoms with E-state index >= 15 is 0 Å². The molecule has 1 heterocycles. The molecule has 1 aliphatic carbocycles. The summed E-state index contributed by atoms with van der Waals surface area (Å²) in [4.78, 5) is 37.0. The third-order valence-corrected chi connectivity index (χ3v) is 6.02. The second kappa shape index (κ2) is 9.94. The zero-order valence-corrected chi connectivity index (χ0v) is 18.8.